The molecule has 0 amide bonds. The molecule has 25 heavy (non-hydrogen) atoms. The molecule has 0 atom stereocenters. The van der Waals surface area contributed by atoms with Crippen LogP contribution in [0.5, 0.6) is 5.75 Å². The third kappa shape index (κ3) is 3.69. The number of halogens is 1. The summed E-state index contributed by atoms with van der Waals surface area (Å²) in [5.41, 5.74) is 3.04. The van der Waals surface area contributed by atoms with Gasteiger partial charge in [-0.1, -0.05) is 36.0 Å². The van der Waals surface area contributed by atoms with Crippen LogP contribution < -0.4 is 4.74 Å². The molecule has 0 saturated carbocycles. The molecule has 0 bridgehead atoms. The summed E-state index contributed by atoms with van der Waals surface area (Å²) in [7, 11) is 1.59. The lowest BCUT2D eigenvalue weighted by atomic mass is 10.1. The monoisotopic (exact) mass is 357 g/mol. The van der Waals surface area contributed by atoms with Crippen molar-refractivity contribution in [3.63, 3.8) is 0 Å². The molecule has 3 aromatic rings. The lowest BCUT2D eigenvalue weighted by Crippen LogP contribution is -2.01. The molecule has 1 heterocycles. The Hall–Kier alpha value is -2.34. The van der Waals surface area contributed by atoms with E-state index in [-0.39, 0.29) is 5.82 Å². The van der Waals surface area contributed by atoms with Crippen molar-refractivity contribution < 1.29 is 9.13 Å². The van der Waals surface area contributed by atoms with Crippen molar-refractivity contribution in [2.75, 3.05) is 7.11 Å². The first-order valence-electron chi connectivity index (χ1n) is 8.08. The number of aryl methyl sites for hydroxylation is 1. The zero-order valence-electron chi connectivity index (χ0n) is 14.5. The van der Waals surface area contributed by atoms with Crippen LogP contribution in [0.25, 0.3) is 11.4 Å². The molecular weight excluding hydrogens is 337 g/mol. The van der Waals surface area contributed by atoms with Crippen molar-refractivity contribution in [1.82, 2.24) is 14.8 Å². The van der Waals surface area contributed by atoms with Crippen LogP contribution in [0.15, 0.2) is 47.6 Å². The third-order valence-electron chi connectivity index (χ3n) is 4.02. The number of ether oxygens (including phenoxy) is 1. The van der Waals surface area contributed by atoms with E-state index in [0.717, 1.165) is 34.2 Å². The van der Waals surface area contributed by atoms with Gasteiger partial charge in [0.25, 0.3) is 0 Å². The van der Waals surface area contributed by atoms with Gasteiger partial charge in [-0.3, -0.25) is 0 Å². The van der Waals surface area contributed by atoms with E-state index in [4.69, 9.17) is 4.74 Å². The molecule has 1 aromatic heterocycles. The maximum absolute atomic E-state index is 13.5. The molecule has 0 unspecified atom stereocenters. The SMILES string of the molecule is CCn1c(SCc2cc(F)ccc2OC)nnc1-c1ccccc1C. The Morgan fingerprint density at radius 3 is 2.68 bits per heavy atom. The summed E-state index contributed by atoms with van der Waals surface area (Å²) in [5.74, 6) is 1.83. The molecule has 0 saturated heterocycles. The van der Waals surface area contributed by atoms with Crippen LogP contribution in [0.3, 0.4) is 0 Å². The predicted molar refractivity (Wildman–Crippen MR) is 98.4 cm³/mol. The van der Waals surface area contributed by atoms with E-state index < -0.39 is 0 Å². The number of methoxy groups -OCH3 is 1. The van der Waals surface area contributed by atoms with Gasteiger partial charge >= 0.3 is 0 Å². The molecule has 2 aromatic carbocycles. The number of nitrogens with zero attached hydrogens (tertiary/aromatic N) is 3. The average molecular weight is 357 g/mol. The van der Waals surface area contributed by atoms with Gasteiger partial charge < -0.3 is 9.30 Å². The van der Waals surface area contributed by atoms with Crippen LogP contribution in [-0.2, 0) is 12.3 Å². The Balaban J connectivity index is 1.87. The fraction of sp³-hybridized carbons (Fsp3) is 0.263. The van der Waals surface area contributed by atoms with Gasteiger partial charge in [-0.25, -0.2) is 4.39 Å². The Morgan fingerprint density at radius 2 is 1.96 bits per heavy atom. The van der Waals surface area contributed by atoms with E-state index in [2.05, 4.69) is 40.7 Å². The largest absolute Gasteiger partial charge is 0.496 e. The number of benzene rings is 2. The normalized spacial score (nSPS) is 10.9. The molecule has 0 aliphatic rings. The van der Waals surface area contributed by atoms with E-state index in [0.29, 0.717) is 11.5 Å². The molecule has 3 rings (SSSR count). The van der Waals surface area contributed by atoms with Crippen LogP contribution in [-0.4, -0.2) is 21.9 Å². The molecule has 130 valence electrons. The fourth-order valence-electron chi connectivity index (χ4n) is 2.71. The summed E-state index contributed by atoms with van der Waals surface area (Å²) >= 11 is 1.53. The number of thioether (sulfide) groups is 1. The van der Waals surface area contributed by atoms with Gasteiger partial charge in [-0.05, 0) is 37.6 Å². The van der Waals surface area contributed by atoms with Crippen LogP contribution in [0.4, 0.5) is 4.39 Å². The number of rotatable bonds is 6. The Kier molecular flexibility index (Phi) is 5.38. The lowest BCUT2D eigenvalue weighted by Gasteiger charge is -2.10. The minimum absolute atomic E-state index is 0.269. The van der Waals surface area contributed by atoms with Gasteiger partial charge in [-0.2, -0.15) is 0 Å². The van der Waals surface area contributed by atoms with E-state index >= 15 is 0 Å². The van der Waals surface area contributed by atoms with Gasteiger partial charge in [0.15, 0.2) is 11.0 Å². The van der Waals surface area contributed by atoms with E-state index in [1.807, 2.05) is 12.1 Å². The zero-order chi connectivity index (χ0) is 17.8. The summed E-state index contributed by atoms with van der Waals surface area (Å²) in [6, 6.07) is 12.7. The second-order valence-electron chi connectivity index (χ2n) is 5.61. The summed E-state index contributed by atoms with van der Waals surface area (Å²) < 4.78 is 20.9. The van der Waals surface area contributed by atoms with Gasteiger partial charge in [0.1, 0.15) is 11.6 Å². The van der Waals surface area contributed by atoms with Crippen molar-refractivity contribution in [2.45, 2.75) is 31.3 Å². The van der Waals surface area contributed by atoms with E-state index in [1.165, 1.54) is 23.9 Å². The fourth-order valence-corrected chi connectivity index (χ4v) is 3.69. The van der Waals surface area contributed by atoms with Gasteiger partial charge in [-0.15, -0.1) is 10.2 Å². The van der Waals surface area contributed by atoms with Crippen molar-refractivity contribution in [3.8, 4) is 17.1 Å². The molecular formula is C19H20FN3OS. The molecule has 0 spiro atoms. The Morgan fingerprint density at radius 1 is 1.16 bits per heavy atom. The molecule has 0 N–H and O–H groups in total. The van der Waals surface area contributed by atoms with Crippen LogP contribution in [0, 0.1) is 12.7 Å². The highest BCUT2D eigenvalue weighted by molar-refractivity contribution is 7.98. The number of hydrogen-bond acceptors (Lipinski definition) is 4. The molecule has 4 nitrogen and oxygen atoms in total. The molecule has 0 radical (unpaired) electrons. The summed E-state index contributed by atoms with van der Waals surface area (Å²) in [6.45, 7) is 4.89. The highest BCUT2D eigenvalue weighted by Gasteiger charge is 2.15. The Bertz CT molecular complexity index is 879. The summed E-state index contributed by atoms with van der Waals surface area (Å²) in [5, 5.41) is 9.53. The third-order valence-corrected chi connectivity index (χ3v) is 5.03. The standard InChI is InChI=1S/C19H20FN3OS/c1-4-23-18(16-8-6-5-7-13(16)2)21-22-19(23)25-12-14-11-15(20)9-10-17(14)24-3/h5-11H,4,12H2,1-3H3. The summed E-state index contributed by atoms with van der Waals surface area (Å²) in [6.07, 6.45) is 0. The first-order chi connectivity index (χ1) is 12.1. The molecule has 6 heteroatoms. The first-order valence-corrected chi connectivity index (χ1v) is 9.07. The van der Waals surface area contributed by atoms with Crippen molar-refractivity contribution in [3.05, 3.63) is 59.4 Å². The van der Waals surface area contributed by atoms with Crippen LogP contribution in [0.2, 0.25) is 0 Å². The van der Waals surface area contributed by atoms with E-state index in [9.17, 15) is 4.39 Å². The van der Waals surface area contributed by atoms with Crippen LogP contribution >= 0.6 is 11.8 Å². The highest BCUT2D eigenvalue weighted by Crippen LogP contribution is 2.30. The quantitative estimate of drug-likeness (QED) is 0.599. The molecule has 0 fully saturated rings. The highest BCUT2D eigenvalue weighted by atomic mass is 32.2. The minimum atomic E-state index is -0.269. The maximum Gasteiger partial charge on any atom is 0.191 e. The van der Waals surface area contributed by atoms with Crippen molar-refractivity contribution in [1.29, 1.82) is 0 Å². The number of hydrogen-bond donors (Lipinski definition) is 0. The second kappa shape index (κ2) is 7.70. The smallest absolute Gasteiger partial charge is 0.191 e. The van der Waals surface area contributed by atoms with E-state index in [1.54, 1.807) is 13.2 Å². The van der Waals surface area contributed by atoms with Crippen molar-refractivity contribution >= 4 is 11.8 Å². The predicted octanol–water partition coefficient (Wildman–Crippen LogP) is 4.71. The first kappa shape index (κ1) is 17.5. The molecule has 0 aliphatic carbocycles. The van der Waals surface area contributed by atoms with Crippen LogP contribution in [0.1, 0.15) is 18.1 Å². The van der Waals surface area contributed by atoms with Gasteiger partial charge in [0.2, 0.25) is 0 Å². The zero-order valence-corrected chi connectivity index (χ0v) is 15.3. The number of aromatic nitrogens is 3. The van der Waals surface area contributed by atoms with Crippen molar-refractivity contribution in [2.24, 2.45) is 0 Å². The minimum Gasteiger partial charge on any atom is -0.496 e. The topological polar surface area (TPSA) is 39.9 Å². The maximum atomic E-state index is 13.5. The van der Waals surface area contributed by atoms with Gasteiger partial charge in [0.05, 0.1) is 7.11 Å². The average Bonchev–Trinajstić information content (AvgIpc) is 3.03. The summed E-state index contributed by atoms with van der Waals surface area (Å²) in [4.78, 5) is 0. The second-order valence-corrected chi connectivity index (χ2v) is 6.55. The van der Waals surface area contributed by atoms with Gasteiger partial charge in [0, 0.05) is 23.4 Å². The Labute approximate surface area is 151 Å². The lowest BCUT2D eigenvalue weighted by molar-refractivity contribution is 0.410. The molecule has 0 aliphatic heterocycles.